The Morgan fingerprint density at radius 3 is 2.24 bits per heavy atom. The molecule has 0 heterocycles. The average Bonchev–Trinajstić information content (AvgIpc) is 2.28. The van der Waals surface area contributed by atoms with Crippen molar-refractivity contribution in [3.05, 3.63) is 0 Å². The van der Waals surface area contributed by atoms with Crippen molar-refractivity contribution < 1.29 is 23.9 Å². The molecule has 0 aliphatic rings. The maximum atomic E-state index is 11.7. The van der Waals surface area contributed by atoms with Crippen molar-refractivity contribution in [2.45, 2.75) is 40.0 Å². The summed E-state index contributed by atoms with van der Waals surface area (Å²) in [6.07, 6.45) is 0.899. The third-order valence-corrected chi connectivity index (χ3v) is 2.79. The lowest BCUT2D eigenvalue weighted by Gasteiger charge is -2.23. The van der Waals surface area contributed by atoms with Gasteiger partial charge < -0.3 is 9.47 Å². The van der Waals surface area contributed by atoms with Gasteiger partial charge in [-0.2, -0.15) is 0 Å². The lowest BCUT2D eigenvalue weighted by molar-refractivity contribution is -0.159. The van der Waals surface area contributed by atoms with E-state index in [2.05, 4.69) is 4.74 Å². The Hall–Kier alpha value is -1.39. The summed E-state index contributed by atoms with van der Waals surface area (Å²) in [7, 11) is 1.30. The van der Waals surface area contributed by atoms with Crippen molar-refractivity contribution in [3.63, 3.8) is 0 Å². The van der Waals surface area contributed by atoms with Crippen LogP contribution in [0, 0.1) is 5.41 Å². The zero-order chi connectivity index (χ0) is 13.5. The molecule has 0 fully saturated rings. The molecule has 0 amide bonds. The zero-order valence-electron chi connectivity index (χ0n) is 10.9. The van der Waals surface area contributed by atoms with Crippen molar-refractivity contribution in [2.24, 2.45) is 5.41 Å². The van der Waals surface area contributed by atoms with Crippen LogP contribution in [0.3, 0.4) is 0 Å². The van der Waals surface area contributed by atoms with Gasteiger partial charge in [0, 0.05) is 6.42 Å². The predicted molar refractivity (Wildman–Crippen MR) is 61.3 cm³/mol. The summed E-state index contributed by atoms with van der Waals surface area (Å²) in [4.78, 5) is 34.1. The second-order valence-electron chi connectivity index (χ2n) is 4.04. The molecule has 0 aromatic heterocycles. The summed E-state index contributed by atoms with van der Waals surface area (Å²) in [5.41, 5.74) is -1.16. The van der Waals surface area contributed by atoms with Crippen LogP contribution in [0.5, 0.6) is 0 Å². The predicted octanol–water partition coefficient (Wildman–Crippen LogP) is 1.49. The molecular formula is C12H20O5. The zero-order valence-corrected chi connectivity index (χ0v) is 10.9. The van der Waals surface area contributed by atoms with Crippen LogP contribution >= 0.6 is 0 Å². The van der Waals surface area contributed by atoms with E-state index in [-0.39, 0.29) is 31.2 Å². The topological polar surface area (TPSA) is 69.7 Å². The largest absolute Gasteiger partial charge is 0.469 e. The van der Waals surface area contributed by atoms with Gasteiger partial charge in [0.2, 0.25) is 0 Å². The minimum Gasteiger partial charge on any atom is -0.469 e. The summed E-state index contributed by atoms with van der Waals surface area (Å²) in [6.45, 7) is 4.82. The van der Waals surface area contributed by atoms with Gasteiger partial charge in [0.1, 0.15) is 11.2 Å². The third kappa shape index (κ3) is 4.54. The van der Waals surface area contributed by atoms with Crippen LogP contribution in [0.4, 0.5) is 0 Å². The summed E-state index contributed by atoms with van der Waals surface area (Å²) in [6, 6.07) is 0. The highest BCUT2D eigenvalue weighted by atomic mass is 16.5. The SMILES string of the molecule is CCOC(=O)C(C)(CCCC(=O)OC)C(C)=O. The third-order valence-electron chi connectivity index (χ3n) is 2.79. The number of hydrogen-bond acceptors (Lipinski definition) is 5. The highest BCUT2D eigenvalue weighted by Gasteiger charge is 2.39. The van der Waals surface area contributed by atoms with Crippen molar-refractivity contribution in [3.8, 4) is 0 Å². The smallest absolute Gasteiger partial charge is 0.319 e. The van der Waals surface area contributed by atoms with Crippen molar-refractivity contribution in [2.75, 3.05) is 13.7 Å². The number of carbonyl (C=O) groups excluding carboxylic acids is 3. The average molecular weight is 244 g/mol. The van der Waals surface area contributed by atoms with Crippen LogP contribution in [0.2, 0.25) is 0 Å². The summed E-state index contributed by atoms with van der Waals surface area (Å²) in [5.74, 6) is -1.13. The summed E-state index contributed by atoms with van der Waals surface area (Å²) in [5, 5.41) is 0. The fourth-order valence-electron chi connectivity index (χ4n) is 1.40. The fraction of sp³-hybridized carbons (Fsp3) is 0.750. The summed E-state index contributed by atoms with van der Waals surface area (Å²) < 4.78 is 9.37. The Labute approximate surface area is 101 Å². The first-order valence-electron chi connectivity index (χ1n) is 5.63. The van der Waals surface area contributed by atoms with Gasteiger partial charge in [0.05, 0.1) is 13.7 Å². The molecule has 0 radical (unpaired) electrons. The molecule has 0 spiro atoms. The quantitative estimate of drug-likeness (QED) is 0.501. The molecule has 0 aliphatic carbocycles. The lowest BCUT2D eigenvalue weighted by atomic mass is 9.81. The molecule has 5 heteroatoms. The van der Waals surface area contributed by atoms with Crippen LogP contribution < -0.4 is 0 Å². The van der Waals surface area contributed by atoms with E-state index in [0.717, 1.165) is 0 Å². The van der Waals surface area contributed by atoms with E-state index in [0.29, 0.717) is 6.42 Å². The molecule has 0 saturated carbocycles. The Morgan fingerprint density at radius 2 is 1.82 bits per heavy atom. The number of carbonyl (C=O) groups is 3. The second-order valence-corrected chi connectivity index (χ2v) is 4.04. The minimum atomic E-state index is -1.16. The normalized spacial score (nSPS) is 13.6. The van der Waals surface area contributed by atoms with Gasteiger partial charge in [-0.3, -0.25) is 14.4 Å². The van der Waals surface area contributed by atoms with Crippen molar-refractivity contribution >= 4 is 17.7 Å². The van der Waals surface area contributed by atoms with Gasteiger partial charge in [-0.25, -0.2) is 0 Å². The number of ether oxygens (including phenoxy) is 2. The molecule has 0 bridgehead atoms. The fourth-order valence-corrected chi connectivity index (χ4v) is 1.40. The number of rotatable bonds is 7. The van der Waals surface area contributed by atoms with E-state index < -0.39 is 11.4 Å². The van der Waals surface area contributed by atoms with Crippen LogP contribution in [-0.4, -0.2) is 31.4 Å². The van der Waals surface area contributed by atoms with E-state index in [1.54, 1.807) is 13.8 Å². The maximum absolute atomic E-state index is 11.7. The van der Waals surface area contributed by atoms with E-state index >= 15 is 0 Å². The molecule has 98 valence electrons. The minimum absolute atomic E-state index is 0.193. The van der Waals surface area contributed by atoms with E-state index in [9.17, 15) is 14.4 Å². The Morgan fingerprint density at radius 1 is 1.24 bits per heavy atom. The first kappa shape index (κ1) is 15.6. The van der Waals surface area contributed by atoms with Crippen LogP contribution in [0.15, 0.2) is 0 Å². The van der Waals surface area contributed by atoms with E-state index in [4.69, 9.17) is 4.74 Å². The molecule has 0 aromatic rings. The van der Waals surface area contributed by atoms with Crippen molar-refractivity contribution in [1.82, 2.24) is 0 Å². The molecule has 0 N–H and O–H groups in total. The molecule has 1 atom stereocenters. The van der Waals surface area contributed by atoms with Gasteiger partial charge in [0.15, 0.2) is 0 Å². The molecule has 1 unspecified atom stereocenters. The Bertz CT molecular complexity index is 297. The van der Waals surface area contributed by atoms with Crippen LogP contribution in [0.1, 0.15) is 40.0 Å². The van der Waals surface area contributed by atoms with E-state index in [1.807, 2.05) is 0 Å². The van der Waals surface area contributed by atoms with Gasteiger partial charge in [-0.05, 0) is 33.6 Å². The number of esters is 2. The number of methoxy groups -OCH3 is 1. The molecule has 0 saturated heterocycles. The van der Waals surface area contributed by atoms with E-state index in [1.165, 1.54) is 14.0 Å². The van der Waals surface area contributed by atoms with Crippen LogP contribution in [-0.2, 0) is 23.9 Å². The molecule has 0 aliphatic heterocycles. The van der Waals surface area contributed by atoms with Gasteiger partial charge in [0.25, 0.3) is 0 Å². The highest BCUT2D eigenvalue weighted by Crippen LogP contribution is 2.27. The van der Waals surface area contributed by atoms with Gasteiger partial charge in [-0.1, -0.05) is 0 Å². The number of Topliss-reactive ketones (excluding diaryl/α,β-unsaturated/α-hetero) is 1. The highest BCUT2D eigenvalue weighted by molar-refractivity contribution is 6.02. The molecular weight excluding hydrogens is 224 g/mol. The summed E-state index contributed by atoms with van der Waals surface area (Å²) >= 11 is 0. The Kier molecular flexibility index (Phi) is 6.46. The molecule has 5 nitrogen and oxygen atoms in total. The first-order chi connectivity index (χ1) is 7.88. The molecule has 0 aromatic carbocycles. The first-order valence-corrected chi connectivity index (χ1v) is 5.63. The second kappa shape index (κ2) is 7.04. The molecule has 0 rings (SSSR count). The van der Waals surface area contributed by atoms with Gasteiger partial charge in [-0.15, -0.1) is 0 Å². The van der Waals surface area contributed by atoms with Crippen molar-refractivity contribution in [1.29, 1.82) is 0 Å². The lowest BCUT2D eigenvalue weighted by Crippen LogP contribution is -2.36. The number of hydrogen-bond donors (Lipinski definition) is 0. The maximum Gasteiger partial charge on any atom is 0.319 e. The Balaban J connectivity index is 4.47. The van der Waals surface area contributed by atoms with Gasteiger partial charge >= 0.3 is 11.9 Å². The monoisotopic (exact) mass is 244 g/mol. The number of ketones is 1. The standard InChI is InChI=1S/C12H20O5/c1-5-17-11(15)12(3,9(2)13)8-6-7-10(14)16-4/h5-8H2,1-4H3. The molecule has 17 heavy (non-hydrogen) atoms. The van der Waals surface area contributed by atoms with Crippen LogP contribution in [0.25, 0.3) is 0 Å².